The van der Waals surface area contributed by atoms with E-state index in [9.17, 15) is 4.21 Å². The van der Waals surface area contributed by atoms with Crippen LogP contribution in [0.25, 0.3) is 0 Å². The average molecular weight is 250 g/mol. The molecule has 1 saturated heterocycles. The van der Waals surface area contributed by atoms with E-state index in [-0.39, 0.29) is 4.75 Å². The van der Waals surface area contributed by atoms with Crippen molar-refractivity contribution < 1.29 is 4.21 Å². The van der Waals surface area contributed by atoms with Gasteiger partial charge in [0.2, 0.25) is 0 Å². The van der Waals surface area contributed by atoms with Crippen molar-refractivity contribution in [3.63, 3.8) is 0 Å². The van der Waals surface area contributed by atoms with Crippen LogP contribution < -0.4 is 4.90 Å². The highest BCUT2D eigenvalue weighted by atomic mass is 32.2. The molecule has 1 aromatic heterocycles. The molecule has 1 aromatic rings. The van der Waals surface area contributed by atoms with Gasteiger partial charge in [0, 0.05) is 42.0 Å². The highest BCUT2D eigenvalue weighted by molar-refractivity contribution is 7.86. The quantitative estimate of drug-likeness (QED) is 0.733. The summed E-state index contributed by atoms with van der Waals surface area (Å²) >= 11 is 0. The van der Waals surface area contributed by atoms with E-state index in [2.05, 4.69) is 9.97 Å². The Kier molecular flexibility index (Phi) is 3.11. The molecule has 6 heteroatoms. The molecule has 17 heavy (non-hydrogen) atoms. The van der Waals surface area contributed by atoms with Crippen LogP contribution in [0.1, 0.15) is 19.5 Å². The fraction of sp³-hybridized carbons (Fsp3) is 0.545. The van der Waals surface area contributed by atoms with Crippen LogP contribution in [0.4, 0.5) is 5.82 Å². The number of hydrogen-bond donors (Lipinski definition) is 0. The summed E-state index contributed by atoms with van der Waals surface area (Å²) in [6, 6.07) is 2.04. The van der Waals surface area contributed by atoms with Gasteiger partial charge >= 0.3 is 0 Å². The van der Waals surface area contributed by atoms with Gasteiger partial charge in [0.05, 0.1) is 4.75 Å². The van der Waals surface area contributed by atoms with Crippen LogP contribution in [0.3, 0.4) is 0 Å². The third-order valence-electron chi connectivity index (χ3n) is 2.82. The van der Waals surface area contributed by atoms with Crippen molar-refractivity contribution >= 4 is 16.6 Å². The van der Waals surface area contributed by atoms with Crippen LogP contribution in [0.15, 0.2) is 12.4 Å². The summed E-state index contributed by atoms with van der Waals surface area (Å²) in [4.78, 5) is 10.2. The molecule has 90 valence electrons. The molecule has 0 aromatic carbocycles. The van der Waals surface area contributed by atoms with Crippen LogP contribution in [0, 0.1) is 11.3 Å². The summed E-state index contributed by atoms with van der Waals surface area (Å²) in [5.74, 6) is 1.20. The molecule has 2 rings (SSSR count). The fourth-order valence-corrected chi connectivity index (χ4v) is 3.14. The van der Waals surface area contributed by atoms with Gasteiger partial charge < -0.3 is 4.90 Å². The molecule has 0 N–H and O–H groups in total. The van der Waals surface area contributed by atoms with Crippen LogP contribution in [0.5, 0.6) is 0 Å². The van der Waals surface area contributed by atoms with Gasteiger partial charge in [-0.05, 0) is 13.8 Å². The van der Waals surface area contributed by atoms with Crippen molar-refractivity contribution in [2.45, 2.75) is 18.6 Å². The number of hydrogen-bond acceptors (Lipinski definition) is 5. The number of aromatic nitrogens is 2. The second kappa shape index (κ2) is 4.41. The number of nitrogens with zero attached hydrogens (tertiary/aromatic N) is 4. The van der Waals surface area contributed by atoms with E-state index in [0.29, 0.717) is 30.4 Å². The van der Waals surface area contributed by atoms with Gasteiger partial charge in [0.25, 0.3) is 0 Å². The van der Waals surface area contributed by atoms with Gasteiger partial charge in [0.1, 0.15) is 6.07 Å². The zero-order valence-corrected chi connectivity index (χ0v) is 10.7. The minimum Gasteiger partial charge on any atom is -0.352 e. The minimum atomic E-state index is -0.826. The van der Waals surface area contributed by atoms with Crippen molar-refractivity contribution in [2.75, 3.05) is 23.7 Å². The van der Waals surface area contributed by atoms with E-state index in [1.165, 1.54) is 6.20 Å². The lowest BCUT2D eigenvalue weighted by molar-refractivity contribution is 0.586. The summed E-state index contributed by atoms with van der Waals surface area (Å²) in [7, 11) is -0.826. The van der Waals surface area contributed by atoms with E-state index in [1.807, 2.05) is 24.8 Å². The maximum absolute atomic E-state index is 11.8. The van der Waals surface area contributed by atoms with E-state index >= 15 is 0 Å². The predicted octanol–water partition coefficient (Wildman–Crippen LogP) is 0.696. The first-order chi connectivity index (χ1) is 8.04. The summed E-state index contributed by atoms with van der Waals surface area (Å²) in [6.45, 7) is 5.23. The zero-order chi connectivity index (χ0) is 12.5. The third-order valence-corrected chi connectivity index (χ3v) is 4.73. The topological polar surface area (TPSA) is 69.9 Å². The molecule has 0 unspecified atom stereocenters. The first-order valence-corrected chi connectivity index (χ1v) is 6.71. The fourth-order valence-electron chi connectivity index (χ4n) is 1.90. The van der Waals surface area contributed by atoms with E-state index in [0.717, 1.165) is 0 Å². The van der Waals surface area contributed by atoms with Crippen LogP contribution in [0.2, 0.25) is 0 Å². The normalized spacial score (nSPS) is 23.1. The number of rotatable bonds is 1. The zero-order valence-electron chi connectivity index (χ0n) is 9.88. The molecule has 1 fully saturated rings. The SMILES string of the molecule is CC1(C)CN(c2nccnc2C#N)CC[S@@]1=O. The standard InChI is InChI=1S/C11H14N4OS/c1-11(2)8-15(5-6-17(11)16)10-9(7-12)13-3-4-14-10/h3-4H,5-6,8H2,1-2H3/t17-/m0/s1. The highest BCUT2D eigenvalue weighted by Crippen LogP contribution is 2.25. The Balaban J connectivity index is 2.30. The number of nitriles is 1. The Morgan fingerprint density at radius 2 is 2.18 bits per heavy atom. The molecule has 1 aliphatic heterocycles. The maximum atomic E-state index is 11.8. The summed E-state index contributed by atoms with van der Waals surface area (Å²) < 4.78 is 11.6. The molecule has 1 aliphatic rings. The van der Waals surface area contributed by atoms with E-state index in [4.69, 9.17) is 5.26 Å². The van der Waals surface area contributed by atoms with Crippen molar-refractivity contribution in [1.29, 1.82) is 5.26 Å². The molecular formula is C11H14N4OS. The molecule has 0 spiro atoms. The van der Waals surface area contributed by atoms with E-state index < -0.39 is 10.8 Å². The van der Waals surface area contributed by atoms with Crippen molar-refractivity contribution in [3.05, 3.63) is 18.1 Å². The Morgan fingerprint density at radius 1 is 1.47 bits per heavy atom. The predicted molar refractivity (Wildman–Crippen MR) is 66.0 cm³/mol. The Labute approximate surface area is 103 Å². The van der Waals surface area contributed by atoms with Gasteiger partial charge in [-0.3, -0.25) is 4.21 Å². The monoisotopic (exact) mass is 250 g/mol. The van der Waals surface area contributed by atoms with Gasteiger partial charge in [-0.1, -0.05) is 0 Å². The second-order valence-corrected chi connectivity index (χ2v) is 6.78. The van der Waals surface area contributed by atoms with Crippen LogP contribution in [-0.2, 0) is 10.8 Å². The number of anilines is 1. The molecule has 0 aliphatic carbocycles. The van der Waals surface area contributed by atoms with E-state index in [1.54, 1.807) is 6.20 Å². The lowest BCUT2D eigenvalue weighted by atomic mass is 10.2. The summed E-state index contributed by atoms with van der Waals surface area (Å²) in [5.41, 5.74) is 0.330. The lowest BCUT2D eigenvalue weighted by Gasteiger charge is -2.37. The second-order valence-electron chi connectivity index (χ2n) is 4.57. The van der Waals surface area contributed by atoms with Gasteiger partial charge in [-0.2, -0.15) is 5.26 Å². The maximum Gasteiger partial charge on any atom is 0.183 e. The summed E-state index contributed by atoms with van der Waals surface area (Å²) in [6.07, 6.45) is 3.09. The first kappa shape index (κ1) is 12.0. The highest BCUT2D eigenvalue weighted by Gasteiger charge is 2.34. The molecular weight excluding hydrogens is 236 g/mol. The van der Waals surface area contributed by atoms with Crippen molar-refractivity contribution in [3.8, 4) is 6.07 Å². The molecule has 1 atom stereocenters. The largest absolute Gasteiger partial charge is 0.352 e. The van der Waals surface area contributed by atoms with Gasteiger partial charge in [-0.25, -0.2) is 9.97 Å². The molecule has 0 amide bonds. The third kappa shape index (κ3) is 2.29. The molecule has 5 nitrogen and oxygen atoms in total. The Bertz CT molecular complexity index is 494. The average Bonchev–Trinajstić information content (AvgIpc) is 2.32. The summed E-state index contributed by atoms with van der Waals surface area (Å²) in [5, 5.41) is 8.99. The smallest absolute Gasteiger partial charge is 0.183 e. The van der Waals surface area contributed by atoms with Gasteiger partial charge in [0.15, 0.2) is 11.5 Å². The minimum absolute atomic E-state index is 0.275. The first-order valence-electron chi connectivity index (χ1n) is 5.39. The van der Waals surface area contributed by atoms with Crippen molar-refractivity contribution in [1.82, 2.24) is 9.97 Å². The Hall–Kier alpha value is -1.48. The van der Waals surface area contributed by atoms with Crippen molar-refractivity contribution in [2.24, 2.45) is 0 Å². The van der Waals surface area contributed by atoms with Crippen LogP contribution in [-0.4, -0.2) is 37.8 Å². The molecule has 0 radical (unpaired) electrons. The van der Waals surface area contributed by atoms with Gasteiger partial charge in [-0.15, -0.1) is 0 Å². The molecule has 2 heterocycles. The lowest BCUT2D eigenvalue weighted by Crippen LogP contribution is -2.50. The molecule has 0 bridgehead atoms. The Morgan fingerprint density at radius 3 is 2.82 bits per heavy atom. The van der Waals surface area contributed by atoms with Crippen LogP contribution >= 0.6 is 0 Å². The molecule has 0 saturated carbocycles.